The summed E-state index contributed by atoms with van der Waals surface area (Å²) in [6.07, 6.45) is 0. The Labute approximate surface area is 72.2 Å². The van der Waals surface area contributed by atoms with Gasteiger partial charge < -0.3 is 10.4 Å². The Kier molecular flexibility index (Phi) is 1.87. The lowest BCUT2D eigenvalue weighted by Crippen LogP contribution is -2.15. The van der Waals surface area contributed by atoms with Crippen LogP contribution in [0.4, 0.5) is 0 Å². The first kappa shape index (κ1) is 7.77. The van der Waals surface area contributed by atoms with Gasteiger partial charge in [-0.2, -0.15) is 0 Å². The van der Waals surface area contributed by atoms with Crippen LogP contribution < -0.4 is 5.32 Å². The molecule has 0 bridgehead atoms. The van der Waals surface area contributed by atoms with E-state index in [1.165, 1.54) is 16.7 Å². The Bertz CT molecular complexity index is 296. The van der Waals surface area contributed by atoms with Crippen LogP contribution in [0.5, 0.6) is 0 Å². The molecule has 0 fully saturated rings. The van der Waals surface area contributed by atoms with Gasteiger partial charge >= 0.3 is 0 Å². The summed E-state index contributed by atoms with van der Waals surface area (Å²) in [4.78, 5) is 0. The Morgan fingerprint density at radius 3 is 3.17 bits per heavy atom. The molecule has 64 valence electrons. The number of nitrogens with one attached hydrogen (secondary N) is 1. The maximum absolute atomic E-state index is 9.04. The van der Waals surface area contributed by atoms with E-state index in [4.69, 9.17) is 5.11 Å². The van der Waals surface area contributed by atoms with Crippen molar-refractivity contribution in [2.75, 3.05) is 6.61 Å². The number of hydrogen-bond acceptors (Lipinski definition) is 2. The highest BCUT2D eigenvalue weighted by molar-refractivity contribution is 5.37. The van der Waals surface area contributed by atoms with Gasteiger partial charge in [-0.1, -0.05) is 23.8 Å². The highest BCUT2D eigenvalue weighted by atomic mass is 16.3. The van der Waals surface area contributed by atoms with Gasteiger partial charge in [0.25, 0.3) is 0 Å². The predicted molar refractivity (Wildman–Crippen MR) is 47.8 cm³/mol. The molecule has 0 amide bonds. The molecule has 2 rings (SSSR count). The molecule has 1 aliphatic heterocycles. The maximum Gasteiger partial charge on any atom is 0.0626 e. The standard InChI is InChI=1S/C10H13NO/c1-7-2-3-8-5-11-10(6-12)9(8)4-7/h2-4,10-12H,5-6H2,1H3/t10-/m0/s1. The molecule has 2 nitrogen and oxygen atoms in total. The van der Waals surface area contributed by atoms with E-state index in [1.807, 2.05) is 0 Å². The largest absolute Gasteiger partial charge is 0.394 e. The Hall–Kier alpha value is -0.860. The number of aliphatic hydroxyl groups excluding tert-OH is 1. The van der Waals surface area contributed by atoms with Crippen molar-refractivity contribution < 1.29 is 5.11 Å². The zero-order chi connectivity index (χ0) is 8.55. The zero-order valence-corrected chi connectivity index (χ0v) is 7.17. The number of rotatable bonds is 1. The number of benzene rings is 1. The predicted octanol–water partition coefficient (Wildman–Crippen LogP) is 1.13. The van der Waals surface area contributed by atoms with Crippen molar-refractivity contribution in [1.82, 2.24) is 5.32 Å². The second-order valence-corrected chi connectivity index (χ2v) is 3.32. The quantitative estimate of drug-likeness (QED) is 0.650. The number of hydrogen-bond donors (Lipinski definition) is 2. The summed E-state index contributed by atoms with van der Waals surface area (Å²) >= 11 is 0. The van der Waals surface area contributed by atoms with Gasteiger partial charge in [-0.3, -0.25) is 0 Å². The molecule has 0 aliphatic carbocycles. The van der Waals surface area contributed by atoms with Crippen LogP contribution in [0.15, 0.2) is 18.2 Å². The Morgan fingerprint density at radius 1 is 1.58 bits per heavy atom. The second-order valence-electron chi connectivity index (χ2n) is 3.32. The average Bonchev–Trinajstić information content (AvgIpc) is 2.46. The Morgan fingerprint density at radius 2 is 2.42 bits per heavy atom. The molecular formula is C10H13NO. The molecule has 1 aromatic carbocycles. The van der Waals surface area contributed by atoms with Crippen LogP contribution in [0.3, 0.4) is 0 Å². The van der Waals surface area contributed by atoms with Gasteiger partial charge in [0.05, 0.1) is 12.6 Å². The van der Waals surface area contributed by atoms with Gasteiger partial charge in [0, 0.05) is 6.54 Å². The first-order chi connectivity index (χ1) is 5.81. The molecule has 2 N–H and O–H groups in total. The van der Waals surface area contributed by atoms with E-state index in [0.29, 0.717) is 0 Å². The monoisotopic (exact) mass is 163 g/mol. The van der Waals surface area contributed by atoms with Crippen LogP contribution in [0, 0.1) is 6.92 Å². The Balaban J connectivity index is 2.42. The molecule has 0 unspecified atom stereocenters. The normalized spacial score (nSPS) is 21.0. The van der Waals surface area contributed by atoms with E-state index in [9.17, 15) is 0 Å². The number of aryl methyl sites for hydroxylation is 1. The summed E-state index contributed by atoms with van der Waals surface area (Å²) in [7, 11) is 0. The molecule has 0 spiro atoms. The van der Waals surface area contributed by atoms with Gasteiger partial charge in [0.1, 0.15) is 0 Å². The van der Waals surface area contributed by atoms with Gasteiger partial charge in [-0.15, -0.1) is 0 Å². The van der Waals surface area contributed by atoms with Crippen LogP contribution in [0.25, 0.3) is 0 Å². The lowest BCUT2D eigenvalue weighted by molar-refractivity contribution is 0.251. The molecule has 2 heteroatoms. The topological polar surface area (TPSA) is 32.3 Å². The molecule has 1 aromatic rings. The first-order valence-corrected chi connectivity index (χ1v) is 4.25. The van der Waals surface area contributed by atoms with Crippen molar-refractivity contribution in [2.24, 2.45) is 0 Å². The van der Waals surface area contributed by atoms with E-state index >= 15 is 0 Å². The van der Waals surface area contributed by atoms with E-state index in [2.05, 4.69) is 30.4 Å². The van der Waals surface area contributed by atoms with Crippen molar-refractivity contribution in [3.05, 3.63) is 34.9 Å². The summed E-state index contributed by atoms with van der Waals surface area (Å²) in [6.45, 7) is 3.16. The third kappa shape index (κ3) is 1.13. The minimum atomic E-state index is 0.153. The zero-order valence-electron chi connectivity index (χ0n) is 7.17. The molecule has 0 aromatic heterocycles. The van der Waals surface area contributed by atoms with Gasteiger partial charge in [-0.05, 0) is 18.1 Å². The highest BCUT2D eigenvalue weighted by Crippen LogP contribution is 2.25. The van der Waals surface area contributed by atoms with E-state index in [1.54, 1.807) is 0 Å². The molecule has 0 radical (unpaired) electrons. The van der Waals surface area contributed by atoms with Gasteiger partial charge in [-0.25, -0.2) is 0 Å². The minimum absolute atomic E-state index is 0.153. The lowest BCUT2D eigenvalue weighted by atomic mass is 10.0. The van der Waals surface area contributed by atoms with Crippen LogP contribution in [-0.4, -0.2) is 11.7 Å². The van der Waals surface area contributed by atoms with Crippen LogP contribution in [0.2, 0.25) is 0 Å². The number of aliphatic hydroxyl groups is 1. The molecule has 1 heterocycles. The smallest absolute Gasteiger partial charge is 0.0626 e. The van der Waals surface area contributed by atoms with Crippen molar-refractivity contribution in [1.29, 1.82) is 0 Å². The van der Waals surface area contributed by atoms with Crippen molar-refractivity contribution in [2.45, 2.75) is 19.5 Å². The molecular weight excluding hydrogens is 150 g/mol. The SMILES string of the molecule is Cc1ccc2c(c1)[C@H](CO)NC2. The lowest BCUT2D eigenvalue weighted by Gasteiger charge is -2.07. The molecule has 0 saturated heterocycles. The summed E-state index contributed by atoms with van der Waals surface area (Å²) in [6, 6.07) is 6.55. The van der Waals surface area contributed by atoms with Crippen LogP contribution >= 0.6 is 0 Å². The van der Waals surface area contributed by atoms with Gasteiger partial charge in [0.2, 0.25) is 0 Å². The van der Waals surface area contributed by atoms with E-state index in [0.717, 1.165) is 6.54 Å². The third-order valence-electron chi connectivity index (χ3n) is 2.40. The highest BCUT2D eigenvalue weighted by Gasteiger charge is 2.20. The second kappa shape index (κ2) is 2.88. The fraction of sp³-hybridized carbons (Fsp3) is 0.400. The van der Waals surface area contributed by atoms with Crippen LogP contribution in [-0.2, 0) is 6.54 Å². The molecule has 12 heavy (non-hydrogen) atoms. The van der Waals surface area contributed by atoms with Crippen molar-refractivity contribution in [3.8, 4) is 0 Å². The molecule has 1 aliphatic rings. The van der Waals surface area contributed by atoms with E-state index in [-0.39, 0.29) is 12.6 Å². The first-order valence-electron chi connectivity index (χ1n) is 4.25. The van der Waals surface area contributed by atoms with Crippen LogP contribution in [0.1, 0.15) is 22.7 Å². The summed E-state index contributed by atoms with van der Waals surface area (Å²) in [5.74, 6) is 0. The van der Waals surface area contributed by atoms with E-state index < -0.39 is 0 Å². The maximum atomic E-state index is 9.04. The fourth-order valence-electron chi connectivity index (χ4n) is 1.71. The summed E-state index contributed by atoms with van der Waals surface area (Å²) in [5.41, 5.74) is 3.84. The molecule has 0 saturated carbocycles. The summed E-state index contributed by atoms with van der Waals surface area (Å²) < 4.78 is 0. The third-order valence-corrected chi connectivity index (χ3v) is 2.40. The fourth-order valence-corrected chi connectivity index (χ4v) is 1.71. The average molecular weight is 163 g/mol. The van der Waals surface area contributed by atoms with Crippen molar-refractivity contribution >= 4 is 0 Å². The van der Waals surface area contributed by atoms with Crippen molar-refractivity contribution in [3.63, 3.8) is 0 Å². The number of fused-ring (bicyclic) bond motifs is 1. The minimum Gasteiger partial charge on any atom is -0.394 e. The van der Waals surface area contributed by atoms with Gasteiger partial charge in [0.15, 0.2) is 0 Å². The molecule has 1 atom stereocenters. The summed E-state index contributed by atoms with van der Waals surface area (Å²) in [5, 5.41) is 12.3.